The highest BCUT2D eigenvalue weighted by Gasteiger charge is 2.32. The summed E-state index contributed by atoms with van der Waals surface area (Å²) in [5.41, 5.74) is 4.13. The van der Waals surface area contributed by atoms with Crippen LogP contribution in [0.15, 0.2) is 77.7 Å². The maximum absolute atomic E-state index is 14.0. The Bertz CT molecular complexity index is 1390. The highest BCUT2D eigenvalue weighted by atomic mass is 32.2. The van der Waals surface area contributed by atoms with E-state index in [9.17, 15) is 18.0 Å². The van der Waals surface area contributed by atoms with Gasteiger partial charge in [0.05, 0.1) is 10.6 Å². The number of hydrogen-bond donors (Lipinski definition) is 1. The van der Waals surface area contributed by atoms with Gasteiger partial charge in [0.15, 0.2) is 0 Å². The lowest BCUT2D eigenvalue weighted by Crippen LogP contribution is -2.53. The van der Waals surface area contributed by atoms with Crippen molar-refractivity contribution in [2.75, 3.05) is 17.4 Å². The van der Waals surface area contributed by atoms with E-state index in [1.54, 1.807) is 43.3 Å². The average molecular weight is 564 g/mol. The summed E-state index contributed by atoms with van der Waals surface area (Å²) in [5.74, 6) is -0.715. The second-order valence-corrected chi connectivity index (χ2v) is 12.3. The number of nitrogens with one attached hydrogen (secondary N) is 1. The van der Waals surface area contributed by atoms with Crippen LogP contribution in [-0.4, -0.2) is 50.3 Å². The predicted molar refractivity (Wildman–Crippen MR) is 161 cm³/mol. The molecule has 0 aliphatic carbocycles. The van der Waals surface area contributed by atoms with E-state index in [0.29, 0.717) is 12.1 Å². The van der Waals surface area contributed by atoms with Gasteiger partial charge in [-0.15, -0.1) is 0 Å². The molecule has 0 fully saturated rings. The lowest BCUT2D eigenvalue weighted by Gasteiger charge is -2.32. The second-order valence-electron chi connectivity index (χ2n) is 10.5. The normalized spacial score (nSPS) is 12.8. The second kappa shape index (κ2) is 13.6. The van der Waals surface area contributed by atoms with Crippen molar-refractivity contribution in [3.8, 4) is 0 Å². The monoisotopic (exact) mass is 563 g/mol. The summed E-state index contributed by atoms with van der Waals surface area (Å²) in [7, 11) is -4.08. The first-order valence-electron chi connectivity index (χ1n) is 13.7. The van der Waals surface area contributed by atoms with Gasteiger partial charge in [-0.1, -0.05) is 61.0 Å². The first-order valence-corrected chi connectivity index (χ1v) is 15.2. The first kappa shape index (κ1) is 30.9. The minimum Gasteiger partial charge on any atom is -0.352 e. The van der Waals surface area contributed by atoms with Crippen LogP contribution < -0.4 is 9.62 Å². The van der Waals surface area contributed by atoms with Crippen LogP contribution >= 0.6 is 0 Å². The Morgan fingerprint density at radius 2 is 1.45 bits per heavy atom. The molecule has 2 unspecified atom stereocenters. The Morgan fingerprint density at radius 3 is 2.02 bits per heavy atom. The Balaban J connectivity index is 2.01. The lowest BCUT2D eigenvalue weighted by atomic mass is 10.1. The van der Waals surface area contributed by atoms with Crippen molar-refractivity contribution in [2.45, 2.75) is 71.4 Å². The number of sulfonamides is 1. The molecule has 0 bridgehead atoms. The fourth-order valence-corrected chi connectivity index (χ4v) is 5.89. The molecule has 3 aromatic carbocycles. The number of benzene rings is 3. The minimum atomic E-state index is -4.08. The number of carbonyl (C=O) groups is 2. The molecule has 0 radical (unpaired) electrons. The van der Waals surface area contributed by atoms with Gasteiger partial charge in [0.2, 0.25) is 11.8 Å². The summed E-state index contributed by atoms with van der Waals surface area (Å²) >= 11 is 0. The van der Waals surface area contributed by atoms with Crippen molar-refractivity contribution >= 4 is 27.5 Å². The minimum absolute atomic E-state index is 0.0466. The first-order chi connectivity index (χ1) is 18.9. The molecule has 3 rings (SSSR count). The summed E-state index contributed by atoms with van der Waals surface area (Å²) in [5, 5.41) is 2.96. The highest BCUT2D eigenvalue weighted by molar-refractivity contribution is 7.92. The molecule has 0 spiro atoms. The molecule has 214 valence electrons. The zero-order valence-corrected chi connectivity index (χ0v) is 25.2. The number of hydrogen-bond acceptors (Lipinski definition) is 4. The molecule has 0 aliphatic heterocycles. The molecule has 0 heterocycles. The van der Waals surface area contributed by atoms with E-state index in [0.717, 1.165) is 33.0 Å². The van der Waals surface area contributed by atoms with Crippen LogP contribution in [0, 0.1) is 20.8 Å². The SMILES string of the molecule is CCC(C)NC(=O)C(C)N(CCc1ccccc1)C(=O)CN(c1cc(C)cc(C)c1)S(=O)(=O)c1ccc(C)cc1. The molecular weight excluding hydrogens is 522 g/mol. The molecule has 7 nitrogen and oxygen atoms in total. The number of carbonyl (C=O) groups excluding carboxylic acids is 2. The molecular formula is C32H41N3O4S. The quantitative estimate of drug-likeness (QED) is 0.329. The topological polar surface area (TPSA) is 86.8 Å². The van der Waals surface area contributed by atoms with Crippen LogP contribution in [0.25, 0.3) is 0 Å². The number of rotatable bonds is 12. The molecule has 3 aromatic rings. The smallest absolute Gasteiger partial charge is 0.264 e. The summed E-state index contributed by atoms with van der Waals surface area (Å²) in [6, 6.07) is 21.0. The predicted octanol–water partition coefficient (Wildman–Crippen LogP) is 5.18. The molecule has 0 saturated heterocycles. The number of nitrogens with zero attached hydrogens (tertiary/aromatic N) is 2. The molecule has 0 aliphatic rings. The maximum atomic E-state index is 14.0. The average Bonchev–Trinajstić information content (AvgIpc) is 2.91. The van der Waals surface area contributed by atoms with E-state index in [-0.39, 0.29) is 23.4 Å². The van der Waals surface area contributed by atoms with Crippen LogP contribution in [-0.2, 0) is 26.0 Å². The summed E-state index contributed by atoms with van der Waals surface area (Å²) in [4.78, 5) is 28.7. The van der Waals surface area contributed by atoms with Crippen molar-refractivity contribution in [2.24, 2.45) is 0 Å². The van der Waals surface area contributed by atoms with Gasteiger partial charge in [-0.2, -0.15) is 0 Å². The zero-order chi connectivity index (χ0) is 29.4. The van der Waals surface area contributed by atoms with Gasteiger partial charge >= 0.3 is 0 Å². The zero-order valence-electron chi connectivity index (χ0n) is 24.3. The summed E-state index contributed by atoms with van der Waals surface area (Å²) in [6.45, 7) is 11.1. The number of amides is 2. The van der Waals surface area contributed by atoms with Crippen LogP contribution in [0.2, 0.25) is 0 Å². The van der Waals surface area contributed by atoms with Gasteiger partial charge in [0, 0.05) is 12.6 Å². The Kier molecular flexibility index (Phi) is 10.5. The molecule has 0 saturated carbocycles. The van der Waals surface area contributed by atoms with Gasteiger partial charge in [-0.05, 0) is 88.4 Å². The molecule has 8 heteroatoms. The van der Waals surface area contributed by atoms with Crippen molar-refractivity contribution < 1.29 is 18.0 Å². The van der Waals surface area contributed by atoms with Crippen LogP contribution in [0.3, 0.4) is 0 Å². The van der Waals surface area contributed by atoms with Crippen molar-refractivity contribution in [3.05, 3.63) is 95.1 Å². The fourth-order valence-electron chi connectivity index (χ4n) is 4.50. The van der Waals surface area contributed by atoms with E-state index in [4.69, 9.17) is 0 Å². The number of aryl methyl sites for hydroxylation is 3. The van der Waals surface area contributed by atoms with Crippen molar-refractivity contribution in [1.29, 1.82) is 0 Å². The van der Waals surface area contributed by atoms with Crippen LogP contribution in [0.5, 0.6) is 0 Å². The van der Waals surface area contributed by atoms with Gasteiger partial charge in [0.1, 0.15) is 12.6 Å². The third-order valence-electron chi connectivity index (χ3n) is 7.03. The van der Waals surface area contributed by atoms with Crippen molar-refractivity contribution in [3.63, 3.8) is 0 Å². The van der Waals surface area contributed by atoms with Gasteiger partial charge in [-0.25, -0.2) is 8.42 Å². The largest absolute Gasteiger partial charge is 0.352 e. The van der Waals surface area contributed by atoms with Crippen LogP contribution in [0.4, 0.5) is 5.69 Å². The Morgan fingerprint density at radius 1 is 0.850 bits per heavy atom. The molecule has 40 heavy (non-hydrogen) atoms. The van der Waals surface area contributed by atoms with E-state index in [1.807, 2.05) is 71.0 Å². The number of anilines is 1. The van der Waals surface area contributed by atoms with Crippen LogP contribution in [0.1, 0.15) is 49.4 Å². The maximum Gasteiger partial charge on any atom is 0.264 e. The summed E-state index contributed by atoms with van der Waals surface area (Å²) < 4.78 is 29.1. The molecule has 0 aromatic heterocycles. The molecule has 1 N–H and O–H groups in total. The Labute approximate surface area is 239 Å². The van der Waals surface area contributed by atoms with E-state index in [2.05, 4.69) is 5.32 Å². The lowest BCUT2D eigenvalue weighted by molar-refractivity contribution is -0.139. The van der Waals surface area contributed by atoms with E-state index < -0.39 is 28.5 Å². The standard InChI is InChI=1S/C32H41N3O4S/c1-7-26(5)33-32(37)27(6)34(18-17-28-11-9-8-10-12-28)31(36)22-35(29-20-24(3)19-25(4)21-29)40(38,39)30-15-13-23(2)14-16-30/h8-16,19-21,26-27H,7,17-18,22H2,1-6H3,(H,33,37). The van der Waals surface area contributed by atoms with E-state index in [1.165, 1.54) is 4.90 Å². The molecule has 2 atom stereocenters. The third-order valence-corrected chi connectivity index (χ3v) is 8.82. The van der Waals surface area contributed by atoms with Crippen molar-refractivity contribution in [1.82, 2.24) is 10.2 Å². The van der Waals surface area contributed by atoms with Gasteiger partial charge in [-0.3, -0.25) is 13.9 Å². The van der Waals surface area contributed by atoms with E-state index >= 15 is 0 Å². The van der Waals surface area contributed by atoms with Gasteiger partial charge < -0.3 is 10.2 Å². The summed E-state index contributed by atoms with van der Waals surface area (Å²) in [6.07, 6.45) is 1.29. The third kappa shape index (κ3) is 7.94. The Hall–Kier alpha value is -3.65. The molecule has 2 amide bonds. The fraction of sp³-hybridized carbons (Fsp3) is 0.375. The highest BCUT2D eigenvalue weighted by Crippen LogP contribution is 2.26. The van der Waals surface area contributed by atoms with Gasteiger partial charge in [0.25, 0.3) is 10.0 Å².